The van der Waals surface area contributed by atoms with Crippen molar-refractivity contribution in [2.75, 3.05) is 30.4 Å². The van der Waals surface area contributed by atoms with Gasteiger partial charge >= 0.3 is 0 Å². The maximum absolute atomic E-state index is 12.1. The van der Waals surface area contributed by atoms with E-state index in [4.69, 9.17) is 4.74 Å². The smallest absolute Gasteiger partial charge is 0.262 e. The second kappa shape index (κ2) is 9.50. The second-order valence-electron chi connectivity index (χ2n) is 6.58. The maximum atomic E-state index is 12.1. The van der Waals surface area contributed by atoms with Gasteiger partial charge < -0.3 is 15.0 Å². The minimum absolute atomic E-state index is 0.0450. The number of anilines is 2. The van der Waals surface area contributed by atoms with Gasteiger partial charge in [-0.2, -0.15) is 0 Å². The van der Waals surface area contributed by atoms with Crippen molar-refractivity contribution in [1.82, 2.24) is 9.97 Å². The lowest BCUT2D eigenvalue weighted by molar-refractivity contribution is -0.118. The molecule has 0 fully saturated rings. The molecule has 1 N–H and O–H groups in total. The number of aromatic nitrogens is 2. The van der Waals surface area contributed by atoms with Crippen molar-refractivity contribution in [3.63, 3.8) is 0 Å². The summed E-state index contributed by atoms with van der Waals surface area (Å²) in [5, 5.41) is 2.80. The van der Waals surface area contributed by atoms with Crippen molar-refractivity contribution in [2.24, 2.45) is 0 Å². The predicted octanol–water partition coefficient (Wildman–Crippen LogP) is 3.48. The molecule has 2 aromatic heterocycles. The SMILES string of the molecule is Cc1ccc(OCC(=O)Nc2ccc(N(C)CCc3ccncc3)nc2)cc1. The molecule has 0 saturated heterocycles. The minimum atomic E-state index is -0.221. The van der Waals surface area contributed by atoms with Gasteiger partial charge in [-0.3, -0.25) is 9.78 Å². The van der Waals surface area contributed by atoms with Crippen molar-refractivity contribution >= 4 is 17.4 Å². The number of ether oxygens (including phenoxy) is 1. The third-order valence-electron chi connectivity index (χ3n) is 4.30. The number of nitrogens with zero attached hydrogens (tertiary/aromatic N) is 3. The van der Waals surface area contributed by atoms with E-state index < -0.39 is 0 Å². The number of benzene rings is 1. The van der Waals surface area contributed by atoms with Crippen LogP contribution in [0.15, 0.2) is 67.1 Å². The topological polar surface area (TPSA) is 67.3 Å². The van der Waals surface area contributed by atoms with Gasteiger partial charge in [0.1, 0.15) is 11.6 Å². The molecule has 1 amide bonds. The minimum Gasteiger partial charge on any atom is -0.484 e. The Morgan fingerprint density at radius 2 is 1.82 bits per heavy atom. The largest absolute Gasteiger partial charge is 0.484 e. The zero-order valence-corrected chi connectivity index (χ0v) is 16.1. The molecule has 0 aliphatic rings. The van der Waals surface area contributed by atoms with Gasteiger partial charge in [0.15, 0.2) is 6.61 Å². The summed E-state index contributed by atoms with van der Waals surface area (Å²) in [5.41, 5.74) is 3.02. The van der Waals surface area contributed by atoms with E-state index in [1.54, 1.807) is 18.6 Å². The normalized spacial score (nSPS) is 10.4. The molecule has 144 valence electrons. The first-order chi connectivity index (χ1) is 13.6. The highest BCUT2D eigenvalue weighted by Crippen LogP contribution is 2.14. The van der Waals surface area contributed by atoms with Crippen molar-refractivity contribution in [1.29, 1.82) is 0 Å². The van der Waals surface area contributed by atoms with Gasteiger partial charge in [-0.05, 0) is 55.3 Å². The zero-order valence-electron chi connectivity index (χ0n) is 16.1. The van der Waals surface area contributed by atoms with Crippen LogP contribution in [-0.4, -0.2) is 36.1 Å². The van der Waals surface area contributed by atoms with E-state index in [9.17, 15) is 4.79 Å². The molecule has 0 aliphatic carbocycles. The average Bonchev–Trinajstić information content (AvgIpc) is 2.73. The Kier molecular flexibility index (Phi) is 6.57. The monoisotopic (exact) mass is 376 g/mol. The molecule has 0 atom stereocenters. The summed E-state index contributed by atoms with van der Waals surface area (Å²) in [7, 11) is 2.00. The standard InChI is InChI=1S/C22H24N4O2/c1-17-3-6-20(7-4-17)28-16-22(27)25-19-5-8-21(24-15-19)26(2)14-11-18-9-12-23-13-10-18/h3-10,12-13,15H,11,14,16H2,1-2H3,(H,25,27). The molecule has 0 radical (unpaired) electrons. The number of amides is 1. The fourth-order valence-electron chi connectivity index (χ4n) is 2.63. The van der Waals surface area contributed by atoms with Gasteiger partial charge in [0, 0.05) is 26.0 Å². The van der Waals surface area contributed by atoms with Gasteiger partial charge in [0.2, 0.25) is 0 Å². The molecule has 1 aromatic carbocycles. The van der Waals surface area contributed by atoms with Crippen LogP contribution in [0.25, 0.3) is 0 Å². The summed E-state index contributed by atoms with van der Waals surface area (Å²) in [6.07, 6.45) is 6.17. The molecular formula is C22H24N4O2. The van der Waals surface area contributed by atoms with Crippen molar-refractivity contribution < 1.29 is 9.53 Å². The van der Waals surface area contributed by atoms with E-state index in [0.29, 0.717) is 11.4 Å². The summed E-state index contributed by atoms with van der Waals surface area (Å²) in [5.74, 6) is 1.30. The molecule has 0 saturated carbocycles. The highest BCUT2D eigenvalue weighted by Gasteiger charge is 2.06. The van der Waals surface area contributed by atoms with Gasteiger partial charge in [0.25, 0.3) is 5.91 Å². The Labute approximate surface area is 165 Å². The van der Waals surface area contributed by atoms with E-state index in [1.807, 2.05) is 62.5 Å². The number of likely N-dealkylation sites (N-methyl/N-ethyl adjacent to an activating group) is 1. The summed E-state index contributed by atoms with van der Waals surface area (Å²) >= 11 is 0. The van der Waals surface area contributed by atoms with Gasteiger partial charge in [0.05, 0.1) is 11.9 Å². The van der Waals surface area contributed by atoms with Crippen LogP contribution in [-0.2, 0) is 11.2 Å². The predicted molar refractivity (Wildman–Crippen MR) is 111 cm³/mol. The highest BCUT2D eigenvalue weighted by atomic mass is 16.5. The first-order valence-corrected chi connectivity index (χ1v) is 9.15. The molecule has 2 heterocycles. The molecular weight excluding hydrogens is 352 g/mol. The van der Waals surface area contributed by atoms with Crippen molar-refractivity contribution in [2.45, 2.75) is 13.3 Å². The quantitative estimate of drug-likeness (QED) is 0.652. The summed E-state index contributed by atoms with van der Waals surface area (Å²) in [6, 6.07) is 15.3. The first-order valence-electron chi connectivity index (χ1n) is 9.15. The van der Waals surface area contributed by atoms with E-state index in [2.05, 4.69) is 20.2 Å². The van der Waals surface area contributed by atoms with E-state index in [-0.39, 0.29) is 12.5 Å². The van der Waals surface area contributed by atoms with Crippen LogP contribution < -0.4 is 15.0 Å². The highest BCUT2D eigenvalue weighted by molar-refractivity contribution is 5.91. The summed E-state index contributed by atoms with van der Waals surface area (Å²) < 4.78 is 5.49. The lowest BCUT2D eigenvalue weighted by atomic mass is 10.2. The third-order valence-corrected chi connectivity index (χ3v) is 4.30. The lowest BCUT2D eigenvalue weighted by Crippen LogP contribution is -2.22. The van der Waals surface area contributed by atoms with Gasteiger partial charge in [-0.1, -0.05) is 17.7 Å². The molecule has 0 bridgehead atoms. The summed E-state index contributed by atoms with van der Waals surface area (Å²) in [6.45, 7) is 2.80. The van der Waals surface area contributed by atoms with E-state index in [1.165, 1.54) is 5.56 Å². The molecule has 0 spiro atoms. The fourth-order valence-corrected chi connectivity index (χ4v) is 2.63. The van der Waals surface area contributed by atoms with Gasteiger partial charge in [-0.25, -0.2) is 4.98 Å². The Hall–Kier alpha value is -3.41. The number of carbonyl (C=O) groups is 1. The zero-order chi connectivity index (χ0) is 19.8. The van der Waals surface area contributed by atoms with Crippen LogP contribution >= 0.6 is 0 Å². The van der Waals surface area contributed by atoms with E-state index >= 15 is 0 Å². The molecule has 6 heteroatoms. The number of aryl methyl sites for hydroxylation is 1. The van der Waals surface area contributed by atoms with Crippen LogP contribution in [0.2, 0.25) is 0 Å². The lowest BCUT2D eigenvalue weighted by Gasteiger charge is -2.18. The molecule has 3 aromatic rings. The Morgan fingerprint density at radius 3 is 2.50 bits per heavy atom. The summed E-state index contributed by atoms with van der Waals surface area (Å²) in [4.78, 5) is 22.6. The number of rotatable bonds is 8. The van der Waals surface area contributed by atoms with E-state index in [0.717, 1.165) is 24.3 Å². The number of pyridine rings is 2. The van der Waals surface area contributed by atoms with Crippen LogP contribution in [0, 0.1) is 6.92 Å². The average molecular weight is 376 g/mol. The fraction of sp³-hybridized carbons (Fsp3) is 0.227. The maximum Gasteiger partial charge on any atom is 0.262 e. The molecule has 3 rings (SSSR count). The van der Waals surface area contributed by atoms with Crippen molar-refractivity contribution in [3.8, 4) is 5.75 Å². The molecule has 0 unspecified atom stereocenters. The first kappa shape index (κ1) is 19.4. The van der Waals surface area contributed by atoms with Crippen molar-refractivity contribution in [3.05, 3.63) is 78.2 Å². The molecule has 6 nitrogen and oxygen atoms in total. The number of hydrogen-bond donors (Lipinski definition) is 1. The Morgan fingerprint density at radius 1 is 1.07 bits per heavy atom. The molecule has 0 aliphatic heterocycles. The second-order valence-corrected chi connectivity index (χ2v) is 6.58. The molecule has 28 heavy (non-hydrogen) atoms. The Bertz CT molecular complexity index is 881. The number of hydrogen-bond acceptors (Lipinski definition) is 5. The Balaban J connectivity index is 1.46. The number of nitrogens with one attached hydrogen (secondary N) is 1. The van der Waals surface area contributed by atoms with Crippen LogP contribution in [0.4, 0.5) is 11.5 Å². The van der Waals surface area contributed by atoms with Gasteiger partial charge in [-0.15, -0.1) is 0 Å². The number of carbonyl (C=O) groups excluding carboxylic acids is 1. The third kappa shape index (κ3) is 5.81. The van der Waals surface area contributed by atoms with Crippen LogP contribution in [0.1, 0.15) is 11.1 Å². The van der Waals surface area contributed by atoms with Crippen LogP contribution in [0.3, 0.4) is 0 Å². The van der Waals surface area contributed by atoms with Crippen LogP contribution in [0.5, 0.6) is 5.75 Å².